The molecular formula is C22H20F3N3OS. The van der Waals surface area contributed by atoms with Gasteiger partial charge < -0.3 is 10.2 Å². The number of thiazole rings is 1. The van der Waals surface area contributed by atoms with Crippen molar-refractivity contribution >= 4 is 22.9 Å². The average molecular weight is 431 g/mol. The van der Waals surface area contributed by atoms with Crippen molar-refractivity contribution in [2.75, 3.05) is 18.4 Å². The van der Waals surface area contributed by atoms with Crippen molar-refractivity contribution in [3.63, 3.8) is 0 Å². The molecule has 4 rings (SSSR count). The van der Waals surface area contributed by atoms with E-state index in [2.05, 4.69) is 10.3 Å². The summed E-state index contributed by atoms with van der Waals surface area (Å²) < 4.78 is 38.3. The lowest BCUT2D eigenvalue weighted by molar-refractivity contribution is -0.137. The number of carbonyl (C=O) groups is 1. The van der Waals surface area contributed by atoms with E-state index in [-0.39, 0.29) is 11.9 Å². The number of benzene rings is 2. The molecule has 0 spiro atoms. The lowest BCUT2D eigenvalue weighted by Crippen LogP contribution is -2.31. The number of amides is 1. The Kier molecular flexibility index (Phi) is 5.51. The Bertz CT molecular complexity index is 1030. The lowest BCUT2D eigenvalue weighted by Gasteiger charge is -2.17. The Labute approximate surface area is 176 Å². The van der Waals surface area contributed by atoms with Crippen LogP contribution in [0.25, 0.3) is 10.6 Å². The summed E-state index contributed by atoms with van der Waals surface area (Å²) in [5.74, 6) is -0.0828. The summed E-state index contributed by atoms with van der Waals surface area (Å²) in [6.07, 6.45) is -3.53. The number of halogens is 3. The smallest absolute Gasteiger partial charge is 0.380 e. The molecule has 1 unspecified atom stereocenters. The normalized spacial score (nSPS) is 16.7. The minimum absolute atomic E-state index is 0.0828. The van der Waals surface area contributed by atoms with Gasteiger partial charge in [0.05, 0.1) is 11.3 Å². The van der Waals surface area contributed by atoms with Crippen molar-refractivity contribution in [1.29, 1.82) is 0 Å². The molecule has 1 aliphatic heterocycles. The average Bonchev–Trinajstić information content (AvgIpc) is 3.34. The molecule has 1 aromatic heterocycles. The maximum absolute atomic E-state index is 13.0. The van der Waals surface area contributed by atoms with Crippen molar-refractivity contribution in [1.82, 2.24) is 9.88 Å². The van der Waals surface area contributed by atoms with Gasteiger partial charge in [0.25, 0.3) is 5.91 Å². The topological polar surface area (TPSA) is 45.2 Å². The third kappa shape index (κ3) is 4.33. The van der Waals surface area contributed by atoms with Crippen molar-refractivity contribution < 1.29 is 18.0 Å². The fraction of sp³-hybridized carbons (Fsp3) is 0.273. The molecule has 0 saturated carbocycles. The van der Waals surface area contributed by atoms with Gasteiger partial charge in [0.15, 0.2) is 0 Å². The number of nitrogens with zero attached hydrogens (tertiary/aromatic N) is 2. The van der Waals surface area contributed by atoms with E-state index in [0.29, 0.717) is 34.2 Å². The second-order valence-electron chi connectivity index (χ2n) is 7.26. The molecule has 1 N–H and O–H groups in total. The van der Waals surface area contributed by atoms with Crippen LogP contribution in [0.3, 0.4) is 0 Å². The van der Waals surface area contributed by atoms with Crippen LogP contribution in [0, 0.1) is 6.92 Å². The van der Waals surface area contributed by atoms with Crippen LogP contribution in [-0.4, -0.2) is 34.9 Å². The number of rotatable bonds is 4. The van der Waals surface area contributed by atoms with Crippen molar-refractivity contribution in [2.45, 2.75) is 25.6 Å². The Hall–Kier alpha value is -2.87. The molecule has 0 bridgehead atoms. The maximum atomic E-state index is 13.0. The molecule has 2 heterocycles. The van der Waals surface area contributed by atoms with Gasteiger partial charge >= 0.3 is 6.18 Å². The first-order valence-electron chi connectivity index (χ1n) is 9.57. The summed E-state index contributed by atoms with van der Waals surface area (Å²) >= 11 is 1.22. The van der Waals surface area contributed by atoms with E-state index in [4.69, 9.17) is 0 Å². The molecule has 0 radical (unpaired) electrons. The number of alkyl halides is 3. The summed E-state index contributed by atoms with van der Waals surface area (Å²) in [5, 5.41) is 3.99. The minimum Gasteiger partial charge on any atom is -0.380 e. The maximum Gasteiger partial charge on any atom is 0.416 e. The minimum atomic E-state index is -4.38. The van der Waals surface area contributed by atoms with E-state index in [1.165, 1.54) is 23.5 Å². The summed E-state index contributed by atoms with van der Waals surface area (Å²) in [7, 11) is 0. The molecule has 3 aromatic rings. The van der Waals surface area contributed by atoms with E-state index in [0.717, 1.165) is 24.2 Å². The largest absolute Gasteiger partial charge is 0.416 e. The van der Waals surface area contributed by atoms with Gasteiger partial charge in [-0.25, -0.2) is 4.98 Å². The second kappa shape index (κ2) is 8.10. The Morgan fingerprint density at radius 1 is 1.13 bits per heavy atom. The number of anilines is 1. The first-order chi connectivity index (χ1) is 14.3. The summed E-state index contributed by atoms with van der Waals surface area (Å²) in [6, 6.07) is 14.9. The number of carbonyl (C=O) groups excluding carboxylic acids is 1. The summed E-state index contributed by atoms with van der Waals surface area (Å²) in [6.45, 7) is 3.00. The third-order valence-corrected chi connectivity index (χ3v) is 6.26. The quantitative estimate of drug-likeness (QED) is 0.596. The Balaban J connectivity index is 1.46. The van der Waals surface area contributed by atoms with Gasteiger partial charge in [0.1, 0.15) is 9.88 Å². The number of aryl methyl sites for hydroxylation is 1. The zero-order valence-electron chi connectivity index (χ0n) is 16.2. The standard InChI is InChI=1S/C22H20F3N3OS/c1-14-19(30-20(26-14)15-7-9-16(10-8-15)22(23,24)25)21(29)28-12-11-18(13-28)27-17-5-3-2-4-6-17/h2-10,18,27H,11-13H2,1H3. The van der Waals surface area contributed by atoms with Gasteiger partial charge in [-0.15, -0.1) is 11.3 Å². The van der Waals surface area contributed by atoms with Gasteiger partial charge in [-0.05, 0) is 37.6 Å². The second-order valence-corrected chi connectivity index (χ2v) is 8.25. The molecule has 30 heavy (non-hydrogen) atoms. The third-order valence-electron chi connectivity index (χ3n) is 5.07. The van der Waals surface area contributed by atoms with E-state index >= 15 is 0 Å². The Morgan fingerprint density at radius 3 is 2.50 bits per heavy atom. The van der Waals surface area contributed by atoms with Gasteiger partial charge in [-0.2, -0.15) is 13.2 Å². The SMILES string of the molecule is Cc1nc(-c2ccc(C(F)(F)F)cc2)sc1C(=O)N1CCC(Nc2ccccc2)C1. The molecule has 1 amide bonds. The number of hydrogen-bond acceptors (Lipinski definition) is 4. The molecule has 1 saturated heterocycles. The Morgan fingerprint density at radius 2 is 1.83 bits per heavy atom. The van der Waals surface area contributed by atoms with Crippen LogP contribution in [0.4, 0.5) is 18.9 Å². The molecule has 1 atom stereocenters. The van der Waals surface area contributed by atoms with Crippen LogP contribution in [-0.2, 0) is 6.18 Å². The molecule has 1 fully saturated rings. The summed E-state index contributed by atoms with van der Waals surface area (Å²) in [4.78, 5) is 19.8. The predicted octanol–water partition coefficient (Wildman–Crippen LogP) is 5.46. The first-order valence-corrected chi connectivity index (χ1v) is 10.4. The van der Waals surface area contributed by atoms with Crippen LogP contribution in [0.2, 0.25) is 0 Å². The van der Waals surface area contributed by atoms with Crippen molar-refractivity contribution in [3.05, 3.63) is 70.7 Å². The molecule has 4 nitrogen and oxygen atoms in total. The molecular weight excluding hydrogens is 411 g/mol. The van der Waals surface area contributed by atoms with Gasteiger partial charge in [-0.3, -0.25) is 4.79 Å². The van der Waals surface area contributed by atoms with Gasteiger partial charge in [0.2, 0.25) is 0 Å². The van der Waals surface area contributed by atoms with E-state index in [9.17, 15) is 18.0 Å². The monoisotopic (exact) mass is 431 g/mol. The molecule has 156 valence electrons. The number of para-hydroxylation sites is 1. The van der Waals surface area contributed by atoms with E-state index in [1.54, 1.807) is 11.8 Å². The van der Waals surface area contributed by atoms with Crippen molar-refractivity contribution in [3.8, 4) is 10.6 Å². The molecule has 0 aliphatic carbocycles. The fourth-order valence-corrected chi connectivity index (χ4v) is 4.54. The zero-order valence-corrected chi connectivity index (χ0v) is 17.1. The van der Waals surface area contributed by atoms with Crippen LogP contribution in [0.1, 0.15) is 27.3 Å². The highest BCUT2D eigenvalue weighted by molar-refractivity contribution is 7.17. The van der Waals surface area contributed by atoms with E-state index in [1.807, 2.05) is 30.3 Å². The lowest BCUT2D eigenvalue weighted by atomic mass is 10.1. The van der Waals surface area contributed by atoms with Gasteiger partial charge in [0, 0.05) is 30.4 Å². The molecule has 8 heteroatoms. The van der Waals surface area contributed by atoms with Crippen LogP contribution < -0.4 is 5.32 Å². The van der Waals surface area contributed by atoms with E-state index < -0.39 is 11.7 Å². The zero-order chi connectivity index (χ0) is 21.3. The number of nitrogens with one attached hydrogen (secondary N) is 1. The fourth-order valence-electron chi connectivity index (χ4n) is 3.50. The highest BCUT2D eigenvalue weighted by Crippen LogP contribution is 2.33. The van der Waals surface area contributed by atoms with Crippen LogP contribution >= 0.6 is 11.3 Å². The van der Waals surface area contributed by atoms with Crippen LogP contribution in [0.15, 0.2) is 54.6 Å². The summed E-state index contributed by atoms with van der Waals surface area (Å²) in [5.41, 5.74) is 1.49. The van der Waals surface area contributed by atoms with Gasteiger partial charge in [-0.1, -0.05) is 30.3 Å². The molecule has 2 aromatic carbocycles. The van der Waals surface area contributed by atoms with Crippen molar-refractivity contribution in [2.24, 2.45) is 0 Å². The highest BCUT2D eigenvalue weighted by Gasteiger charge is 2.31. The predicted molar refractivity (Wildman–Crippen MR) is 112 cm³/mol. The number of hydrogen-bond donors (Lipinski definition) is 1. The van der Waals surface area contributed by atoms with Crippen LogP contribution in [0.5, 0.6) is 0 Å². The number of aromatic nitrogens is 1. The highest BCUT2D eigenvalue weighted by atomic mass is 32.1. The first kappa shape index (κ1) is 20.4. The molecule has 1 aliphatic rings. The number of likely N-dealkylation sites (tertiary alicyclic amines) is 1.